The Morgan fingerprint density at radius 3 is 2.26 bits per heavy atom. The van der Waals surface area contributed by atoms with Crippen LogP contribution in [0.25, 0.3) is 0 Å². The molecule has 1 saturated heterocycles. The highest BCUT2D eigenvalue weighted by molar-refractivity contribution is 5.90. The van der Waals surface area contributed by atoms with Crippen LogP contribution in [0.1, 0.15) is 53.9 Å². The molecule has 19 heavy (non-hydrogen) atoms. The van der Waals surface area contributed by atoms with Crippen molar-refractivity contribution in [2.24, 2.45) is 10.8 Å². The Morgan fingerprint density at radius 1 is 1.21 bits per heavy atom. The van der Waals surface area contributed by atoms with E-state index >= 15 is 0 Å². The Hall–Kier alpha value is -1.06. The third-order valence-electron chi connectivity index (χ3n) is 5.33. The number of nitrogens with zero attached hydrogens (tertiary/aromatic N) is 1. The van der Waals surface area contributed by atoms with Crippen molar-refractivity contribution in [3.05, 3.63) is 0 Å². The van der Waals surface area contributed by atoms with Gasteiger partial charge in [-0.3, -0.25) is 9.59 Å². The third kappa shape index (κ3) is 2.15. The number of amides is 2. The topological polar surface area (TPSA) is 49.4 Å². The average Bonchev–Trinajstić information content (AvgIpc) is 2.75. The molecule has 1 aliphatic carbocycles. The van der Waals surface area contributed by atoms with Crippen molar-refractivity contribution in [2.45, 2.75) is 66.0 Å². The van der Waals surface area contributed by atoms with Gasteiger partial charge in [-0.05, 0) is 17.3 Å². The molecule has 0 radical (unpaired) electrons. The Morgan fingerprint density at radius 2 is 1.79 bits per heavy atom. The largest absolute Gasteiger partial charge is 0.344 e. The molecule has 0 aromatic rings. The van der Waals surface area contributed by atoms with Crippen LogP contribution in [0.5, 0.6) is 0 Å². The van der Waals surface area contributed by atoms with Crippen molar-refractivity contribution >= 4 is 11.8 Å². The van der Waals surface area contributed by atoms with Gasteiger partial charge < -0.3 is 10.2 Å². The van der Waals surface area contributed by atoms with Gasteiger partial charge in [-0.1, -0.05) is 41.0 Å². The first kappa shape index (κ1) is 14.4. The Balaban J connectivity index is 2.21. The van der Waals surface area contributed by atoms with E-state index in [1.807, 2.05) is 11.8 Å². The minimum absolute atomic E-state index is 0.00515. The number of carbonyl (C=O) groups excluding carboxylic acids is 2. The molecule has 1 saturated carbocycles. The first-order valence-corrected chi connectivity index (χ1v) is 7.33. The van der Waals surface area contributed by atoms with Gasteiger partial charge >= 0.3 is 0 Å². The van der Waals surface area contributed by atoms with Crippen LogP contribution in [0.15, 0.2) is 0 Å². The lowest BCUT2D eigenvalue weighted by Crippen LogP contribution is -2.46. The number of nitrogens with one attached hydrogen (secondary N) is 1. The summed E-state index contributed by atoms with van der Waals surface area (Å²) in [6, 6.07) is -0.0771. The molecule has 1 heterocycles. The minimum atomic E-state index is -0.327. The predicted molar refractivity (Wildman–Crippen MR) is 74.5 cm³/mol. The second kappa shape index (κ2) is 4.50. The molecule has 2 fully saturated rings. The summed E-state index contributed by atoms with van der Waals surface area (Å²) in [4.78, 5) is 26.3. The molecule has 0 bridgehead atoms. The maximum absolute atomic E-state index is 12.6. The van der Waals surface area contributed by atoms with Crippen LogP contribution < -0.4 is 5.32 Å². The van der Waals surface area contributed by atoms with Crippen LogP contribution in [0.2, 0.25) is 0 Å². The summed E-state index contributed by atoms with van der Waals surface area (Å²) in [7, 11) is 0. The SMILES string of the molecule is CCCC1NC(=O)CCN(C2C(C)(C)C2(C)C)C1=O. The summed E-state index contributed by atoms with van der Waals surface area (Å²) in [6.07, 6.45) is 2.06. The van der Waals surface area contributed by atoms with Crippen molar-refractivity contribution in [2.75, 3.05) is 6.54 Å². The lowest BCUT2D eigenvalue weighted by atomic mass is 10.0. The molecule has 108 valence electrons. The van der Waals surface area contributed by atoms with Gasteiger partial charge in [0, 0.05) is 19.0 Å². The Bertz CT molecular complexity index is 387. The zero-order valence-electron chi connectivity index (χ0n) is 12.7. The molecular formula is C15H26N2O2. The van der Waals surface area contributed by atoms with Gasteiger partial charge in [0.25, 0.3) is 0 Å². The van der Waals surface area contributed by atoms with Gasteiger partial charge in [-0.25, -0.2) is 0 Å². The first-order valence-electron chi connectivity index (χ1n) is 7.33. The molecule has 1 aliphatic heterocycles. The van der Waals surface area contributed by atoms with Gasteiger partial charge in [0.2, 0.25) is 11.8 Å². The van der Waals surface area contributed by atoms with Crippen molar-refractivity contribution in [3.63, 3.8) is 0 Å². The molecule has 0 aromatic heterocycles. The molecule has 4 heteroatoms. The van der Waals surface area contributed by atoms with E-state index in [0.29, 0.717) is 13.0 Å². The Kier molecular flexibility index (Phi) is 3.40. The lowest BCUT2D eigenvalue weighted by molar-refractivity contribution is -0.135. The smallest absolute Gasteiger partial charge is 0.245 e. The van der Waals surface area contributed by atoms with Crippen molar-refractivity contribution < 1.29 is 9.59 Å². The van der Waals surface area contributed by atoms with Gasteiger partial charge in [-0.2, -0.15) is 0 Å². The van der Waals surface area contributed by atoms with Crippen molar-refractivity contribution in [1.29, 1.82) is 0 Å². The van der Waals surface area contributed by atoms with Crippen LogP contribution in [-0.4, -0.2) is 35.3 Å². The molecule has 2 aliphatic rings. The van der Waals surface area contributed by atoms with E-state index in [-0.39, 0.29) is 34.7 Å². The number of carbonyl (C=O) groups is 2. The predicted octanol–water partition coefficient (Wildman–Crippen LogP) is 1.94. The molecule has 1 N–H and O–H groups in total. The molecule has 0 spiro atoms. The van der Waals surface area contributed by atoms with E-state index in [2.05, 4.69) is 33.0 Å². The number of hydrogen-bond donors (Lipinski definition) is 1. The van der Waals surface area contributed by atoms with Gasteiger partial charge in [-0.15, -0.1) is 0 Å². The Labute approximate surface area is 115 Å². The second-order valence-electron chi connectivity index (χ2n) is 7.04. The highest BCUT2D eigenvalue weighted by Gasteiger charge is 2.68. The maximum Gasteiger partial charge on any atom is 0.245 e. The monoisotopic (exact) mass is 266 g/mol. The van der Waals surface area contributed by atoms with Crippen molar-refractivity contribution in [1.82, 2.24) is 10.2 Å². The third-order valence-corrected chi connectivity index (χ3v) is 5.33. The van der Waals surface area contributed by atoms with E-state index in [9.17, 15) is 9.59 Å². The molecule has 0 aromatic carbocycles. The fourth-order valence-corrected chi connectivity index (χ4v) is 3.54. The quantitative estimate of drug-likeness (QED) is 0.848. The fraction of sp³-hybridized carbons (Fsp3) is 0.867. The lowest BCUT2D eigenvalue weighted by Gasteiger charge is -2.26. The number of rotatable bonds is 3. The van der Waals surface area contributed by atoms with E-state index in [0.717, 1.165) is 12.8 Å². The van der Waals surface area contributed by atoms with Gasteiger partial charge in [0.15, 0.2) is 0 Å². The van der Waals surface area contributed by atoms with Crippen LogP contribution in [0.4, 0.5) is 0 Å². The van der Waals surface area contributed by atoms with E-state index < -0.39 is 0 Å². The summed E-state index contributed by atoms with van der Waals surface area (Å²) in [6.45, 7) is 11.4. The fourth-order valence-electron chi connectivity index (χ4n) is 3.54. The van der Waals surface area contributed by atoms with E-state index in [4.69, 9.17) is 0 Å². The van der Waals surface area contributed by atoms with E-state index in [1.165, 1.54) is 0 Å². The summed E-state index contributed by atoms with van der Waals surface area (Å²) in [5.74, 6) is 0.113. The zero-order chi connectivity index (χ0) is 14.4. The zero-order valence-corrected chi connectivity index (χ0v) is 12.7. The van der Waals surface area contributed by atoms with Gasteiger partial charge in [0.05, 0.1) is 0 Å². The van der Waals surface area contributed by atoms with Crippen LogP contribution >= 0.6 is 0 Å². The summed E-state index contributed by atoms with van der Waals surface area (Å²) >= 11 is 0. The molecule has 1 atom stereocenters. The van der Waals surface area contributed by atoms with Crippen LogP contribution in [-0.2, 0) is 9.59 Å². The highest BCUT2D eigenvalue weighted by Crippen LogP contribution is 2.65. The normalized spacial score (nSPS) is 29.9. The molecular weight excluding hydrogens is 240 g/mol. The first-order chi connectivity index (χ1) is 8.73. The highest BCUT2D eigenvalue weighted by atomic mass is 16.2. The molecule has 1 unspecified atom stereocenters. The van der Waals surface area contributed by atoms with Crippen LogP contribution in [0.3, 0.4) is 0 Å². The van der Waals surface area contributed by atoms with Crippen LogP contribution in [0, 0.1) is 10.8 Å². The maximum atomic E-state index is 12.6. The molecule has 4 nitrogen and oxygen atoms in total. The summed E-state index contributed by atoms with van der Waals surface area (Å²) < 4.78 is 0. The summed E-state index contributed by atoms with van der Waals surface area (Å²) in [5, 5.41) is 2.87. The average molecular weight is 266 g/mol. The number of hydrogen-bond acceptors (Lipinski definition) is 2. The molecule has 2 amide bonds. The standard InChI is InChI=1S/C15H26N2O2/c1-6-7-10-12(19)17(9-8-11(18)16-10)13-14(2,3)15(13,4)5/h10,13H,6-9H2,1-5H3,(H,16,18). The van der Waals surface area contributed by atoms with Crippen molar-refractivity contribution in [3.8, 4) is 0 Å². The second-order valence-corrected chi connectivity index (χ2v) is 7.04. The van der Waals surface area contributed by atoms with E-state index in [1.54, 1.807) is 0 Å². The minimum Gasteiger partial charge on any atom is -0.344 e. The molecule has 2 rings (SSSR count). The van der Waals surface area contributed by atoms with Gasteiger partial charge in [0.1, 0.15) is 6.04 Å². The summed E-state index contributed by atoms with van der Waals surface area (Å²) in [5.41, 5.74) is 0.264.